The van der Waals surface area contributed by atoms with Gasteiger partial charge in [-0.2, -0.15) is 0 Å². The first-order valence-corrected chi connectivity index (χ1v) is 9.40. The van der Waals surface area contributed by atoms with Crippen molar-refractivity contribution in [3.05, 3.63) is 89.2 Å². The molecular weight excluding hydrogens is 362 g/mol. The van der Waals surface area contributed by atoms with Gasteiger partial charge in [0.05, 0.1) is 0 Å². The highest BCUT2D eigenvalue weighted by Gasteiger charge is 2.21. The van der Waals surface area contributed by atoms with E-state index in [0.717, 1.165) is 16.7 Å². The maximum absolute atomic E-state index is 13.3. The number of hydrogen-bond donors (Lipinski definition) is 1. The Morgan fingerprint density at radius 2 is 1.66 bits per heavy atom. The van der Waals surface area contributed by atoms with Crippen LogP contribution in [0.15, 0.2) is 66.9 Å². The van der Waals surface area contributed by atoms with Crippen molar-refractivity contribution in [3.8, 4) is 11.3 Å². The number of pyridine rings is 1. The van der Waals surface area contributed by atoms with Crippen LogP contribution < -0.4 is 5.32 Å². The summed E-state index contributed by atoms with van der Waals surface area (Å²) in [6, 6.07) is 18.8. The van der Waals surface area contributed by atoms with Crippen molar-refractivity contribution in [1.29, 1.82) is 0 Å². The smallest absolute Gasteiger partial charge is 0.274 e. The largest absolute Gasteiger partial charge is 0.321 e. The van der Waals surface area contributed by atoms with Crippen LogP contribution in [0.5, 0.6) is 0 Å². The zero-order chi connectivity index (χ0) is 20.5. The van der Waals surface area contributed by atoms with E-state index in [1.54, 1.807) is 24.3 Å². The molecular formula is C24H21N3O2. The predicted octanol–water partition coefficient (Wildman–Crippen LogP) is 5.07. The third-order valence-corrected chi connectivity index (χ3v) is 4.83. The molecule has 5 heteroatoms. The van der Waals surface area contributed by atoms with Gasteiger partial charge in [-0.15, -0.1) is 0 Å². The molecule has 0 aliphatic heterocycles. The van der Waals surface area contributed by atoms with Gasteiger partial charge in [0.15, 0.2) is 5.78 Å². The predicted molar refractivity (Wildman–Crippen MR) is 115 cm³/mol. The topological polar surface area (TPSA) is 63.5 Å². The number of aromatic nitrogens is 2. The Morgan fingerprint density at radius 3 is 2.38 bits per heavy atom. The molecule has 29 heavy (non-hydrogen) atoms. The highest BCUT2D eigenvalue weighted by atomic mass is 16.2. The SMILES string of the molecule is CC(=O)c1cccc(NC(=O)c2c(-c3ccc(C)cc3)nc3ccc(C)cn23)c1. The number of aryl methyl sites for hydroxylation is 2. The number of anilines is 1. The van der Waals surface area contributed by atoms with Crippen LogP contribution in [-0.2, 0) is 0 Å². The van der Waals surface area contributed by atoms with Gasteiger partial charge in [0.1, 0.15) is 17.0 Å². The van der Waals surface area contributed by atoms with Gasteiger partial charge in [0.2, 0.25) is 0 Å². The Labute approximate surface area is 169 Å². The Balaban J connectivity index is 1.82. The van der Waals surface area contributed by atoms with Crippen molar-refractivity contribution in [2.75, 3.05) is 5.32 Å². The highest BCUT2D eigenvalue weighted by molar-refractivity contribution is 6.08. The molecule has 2 aromatic heterocycles. The summed E-state index contributed by atoms with van der Waals surface area (Å²) >= 11 is 0. The average Bonchev–Trinajstić information content (AvgIpc) is 3.07. The van der Waals surface area contributed by atoms with E-state index in [1.165, 1.54) is 6.92 Å². The molecule has 5 nitrogen and oxygen atoms in total. The second-order valence-electron chi connectivity index (χ2n) is 7.20. The van der Waals surface area contributed by atoms with Crippen LogP contribution in [0.2, 0.25) is 0 Å². The number of imidazole rings is 1. The molecule has 4 rings (SSSR count). The number of carbonyl (C=O) groups excluding carboxylic acids is 2. The van der Waals surface area contributed by atoms with Crippen molar-refractivity contribution in [1.82, 2.24) is 9.38 Å². The molecule has 0 spiro atoms. The number of carbonyl (C=O) groups is 2. The summed E-state index contributed by atoms with van der Waals surface area (Å²) in [7, 11) is 0. The number of hydrogen-bond acceptors (Lipinski definition) is 3. The molecule has 0 aliphatic rings. The van der Waals surface area contributed by atoms with Gasteiger partial charge >= 0.3 is 0 Å². The molecule has 0 aliphatic carbocycles. The number of nitrogens with zero attached hydrogens (tertiary/aromatic N) is 2. The fourth-order valence-corrected chi connectivity index (χ4v) is 3.29. The number of benzene rings is 2. The molecule has 0 unspecified atom stereocenters. The van der Waals surface area contributed by atoms with E-state index in [1.807, 2.05) is 60.8 Å². The van der Waals surface area contributed by atoms with E-state index >= 15 is 0 Å². The van der Waals surface area contributed by atoms with Crippen LogP contribution in [0, 0.1) is 13.8 Å². The molecule has 2 heterocycles. The summed E-state index contributed by atoms with van der Waals surface area (Å²) in [6.45, 7) is 5.50. The van der Waals surface area contributed by atoms with E-state index < -0.39 is 0 Å². The normalized spacial score (nSPS) is 10.9. The number of nitrogens with one attached hydrogen (secondary N) is 1. The molecule has 144 valence electrons. The summed E-state index contributed by atoms with van der Waals surface area (Å²) in [5.74, 6) is -0.328. The van der Waals surface area contributed by atoms with E-state index in [0.29, 0.717) is 28.3 Å². The van der Waals surface area contributed by atoms with Crippen LogP contribution in [0.3, 0.4) is 0 Å². The second-order valence-corrected chi connectivity index (χ2v) is 7.20. The summed E-state index contributed by atoms with van der Waals surface area (Å²) in [4.78, 5) is 29.7. The fraction of sp³-hybridized carbons (Fsp3) is 0.125. The van der Waals surface area contributed by atoms with Crippen LogP contribution in [0.25, 0.3) is 16.9 Å². The Hall–Kier alpha value is -3.73. The number of rotatable bonds is 4. The standard InChI is InChI=1S/C24H21N3O2/c1-15-7-10-18(11-8-15)22-23(27-14-16(2)9-12-21(27)26-22)24(29)25-20-6-4-5-19(13-20)17(3)28/h4-14H,1-3H3,(H,25,29). The molecule has 4 aromatic rings. The zero-order valence-electron chi connectivity index (χ0n) is 16.6. The lowest BCUT2D eigenvalue weighted by molar-refractivity contribution is 0.100. The van der Waals surface area contributed by atoms with Crippen LogP contribution in [0.1, 0.15) is 38.9 Å². The minimum Gasteiger partial charge on any atom is -0.321 e. The second kappa shape index (κ2) is 7.36. The molecule has 0 atom stereocenters. The van der Waals surface area contributed by atoms with Gasteiger partial charge in [0.25, 0.3) is 5.91 Å². The van der Waals surface area contributed by atoms with Gasteiger partial charge in [-0.05, 0) is 44.5 Å². The molecule has 0 saturated carbocycles. The maximum Gasteiger partial charge on any atom is 0.274 e. The molecule has 0 bridgehead atoms. The monoisotopic (exact) mass is 383 g/mol. The molecule has 0 fully saturated rings. The third kappa shape index (κ3) is 3.67. The first-order valence-electron chi connectivity index (χ1n) is 9.40. The van der Waals surface area contributed by atoms with E-state index in [-0.39, 0.29) is 11.7 Å². The number of fused-ring (bicyclic) bond motifs is 1. The molecule has 2 aromatic carbocycles. The van der Waals surface area contributed by atoms with Gasteiger partial charge in [-0.1, -0.05) is 48.0 Å². The van der Waals surface area contributed by atoms with E-state index in [2.05, 4.69) is 5.32 Å². The molecule has 1 amide bonds. The van der Waals surface area contributed by atoms with Gasteiger partial charge in [0, 0.05) is 23.0 Å². The number of amides is 1. The molecule has 0 radical (unpaired) electrons. The molecule has 0 saturated heterocycles. The summed E-state index contributed by atoms with van der Waals surface area (Å²) in [5, 5.41) is 2.92. The van der Waals surface area contributed by atoms with Crippen molar-refractivity contribution in [2.45, 2.75) is 20.8 Å². The van der Waals surface area contributed by atoms with E-state index in [9.17, 15) is 9.59 Å². The average molecular weight is 383 g/mol. The zero-order valence-corrected chi connectivity index (χ0v) is 16.6. The minimum atomic E-state index is -0.278. The lowest BCUT2D eigenvalue weighted by Gasteiger charge is -2.09. The lowest BCUT2D eigenvalue weighted by atomic mass is 10.1. The van der Waals surface area contributed by atoms with Crippen LogP contribution in [0.4, 0.5) is 5.69 Å². The van der Waals surface area contributed by atoms with Gasteiger partial charge in [-0.25, -0.2) is 4.98 Å². The van der Waals surface area contributed by atoms with E-state index in [4.69, 9.17) is 4.98 Å². The first-order chi connectivity index (χ1) is 13.9. The van der Waals surface area contributed by atoms with Crippen molar-refractivity contribution in [2.24, 2.45) is 0 Å². The summed E-state index contributed by atoms with van der Waals surface area (Å²) < 4.78 is 1.81. The minimum absolute atomic E-state index is 0.0492. The van der Waals surface area contributed by atoms with Crippen LogP contribution in [-0.4, -0.2) is 21.1 Å². The quantitative estimate of drug-likeness (QED) is 0.500. The first kappa shape index (κ1) is 18.6. The maximum atomic E-state index is 13.3. The molecule has 1 N–H and O–H groups in total. The number of ketones is 1. The number of Topliss-reactive ketones (excluding diaryl/α,β-unsaturated/α-hetero) is 1. The fourth-order valence-electron chi connectivity index (χ4n) is 3.29. The highest BCUT2D eigenvalue weighted by Crippen LogP contribution is 2.26. The van der Waals surface area contributed by atoms with Crippen molar-refractivity contribution >= 4 is 23.0 Å². The Morgan fingerprint density at radius 1 is 0.931 bits per heavy atom. The lowest BCUT2D eigenvalue weighted by Crippen LogP contribution is -2.16. The van der Waals surface area contributed by atoms with Crippen molar-refractivity contribution < 1.29 is 9.59 Å². The van der Waals surface area contributed by atoms with Crippen molar-refractivity contribution in [3.63, 3.8) is 0 Å². The van der Waals surface area contributed by atoms with Crippen LogP contribution >= 0.6 is 0 Å². The Kier molecular flexibility index (Phi) is 4.72. The Bertz CT molecular complexity index is 1240. The summed E-state index contributed by atoms with van der Waals surface area (Å²) in [5.41, 5.74) is 5.94. The van der Waals surface area contributed by atoms with Gasteiger partial charge < -0.3 is 5.32 Å². The van der Waals surface area contributed by atoms with Gasteiger partial charge in [-0.3, -0.25) is 14.0 Å². The third-order valence-electron chi connectivity index (χ3n) is 4.83. The summed E-state index contributed by atoms with van der Waals surface area (Å²) in [6.07, 6.45) is 1.90.